The molecule has 0 spiro atoms. The maximum atomic E-state index is 12.1. The fourth-order valence-corrected chi connectivity index (χ4v) is 1.82. The topological polar surface area (TPSA) is 98.7 Å². The predicted octanol–water partition coefficient (Wildman–Crippen LogP) is 1.20. The second-order valence-corrected chi connectivity index (χ2v) is 5.07. The molecule has 7 nitrogen and oxygen atoms in total. The molecule has 112 valence electrons. The summed E-state index contributed by atoms with van der Waals surface area (Å²) in [6.45, 7) is 5.23. The molecule has 0 atom stereocenters. The van der Waals surface area contributed by atoms with Crippen LogP contribution in [-0.2, 0) is 6.54 Å². The van der Waals surface area contributed by atoms with Gasteiger partial charge in [0.15, 0.2) is 5.69 Å². The van der Waals surface area contributed by atoms with Crippen molar-refractivity contribution in [1.29, 1.82) is 0 Å². The van der Waals surface area contributed by atoms with E-state index in [1.165, 1.54) is 6.20 Å². The SMILES string of the molecule is CC(C)c1ncc(N)c(C(=O)NCCCn2cccn2)n1. The molecule has 0 saturated carbocycles. The van der Waals surface area contributed by atoms with Gasteiger partial charge in [0.2, 0.25) is 0 Å². The minimum atomic E-state index is -0.266. The van der Waals surface area contributed by atoms with Crippen molar-refractivity contribution in [2.24, 2.45) is 0 Å². The van der Waals surface area contributed by atoms with Gasteiger partial charge in [-0.3, -0.25) is 9.48 Å². The minimum absolute atomic E-state index is 0.150. The standard InChI is InChI=1S/C14H20N6O/c1-10(2)13-17-9-11(15)12(19-13)14(21)16-5-3-7-20-8-4-6-18-20/h4,6,8-10H,3,5,7,15H2,1-2H3,(H,16,21). The van der Waals surface area contributed by atoms with Crippen molar-refractivity contribution in [2.75, 3.05) is 12.3 Å². The summed E-state index contributed by atoms with van der Waals surface area (Å²) in [7, 11) is 0. The van der Waals surface area contributed by atoms with Crippen LogP contribution >= 0.6 is 0 Å². The molecule has 0 bridgehead atoms. The number of hydrogen-bond acceptors (Lipinski definition) is 5. The van der Waals surface area contributed by atoms with Gasteiger partial charge in [-0.2, -0.15) is 5.10 Å². The molecule has 2 aromatic heterocycles. The highest BCUT2D eigenvalue weighted by Gasteiger charge is 2.14. The summed E-state index contributed by atoms with van der Waals surface area (Å²) in [5, 5.41) is 6.92. The van der Waals surface area contributed by atoms with E-state index in [0.717, 1.165) is 13.0 Å². The number of aromatic nitrogens is 4. The fraction of sp³-hybridized carbons (Fsp3) is 0.429. The number of carbonyl (C=O) groups excluding carboxylic acids is 1. The molecular formula is C14H20N6O. The number of amides is 1. The van der Waals surface area contributed by atoms with E-state index in [9.17, 15) is 4.79 Å². The van der Waals surface area contributed by atoms with Crippen LogP contribution in [0, 0.1) is 0 Å². The highest BCUT2D eigenvalue weighted by atomic mass is 16.1. The number of nitrogens with two attached hydrogens (primary N) is 1. The summed E-state index contributed by atoms with van der Waals surface area (Å²) >= 11 is 0. The average molecular weight is 288 g/mol. The van der Waals surface area contributed by atoms with E-state index in [4.69, 9.17) is 5.73 Å². The summed E-state index contributed by atoms with van der Waals surface area (Å²) in [6.07, 6.45) is 5.89. The maximum Gasteiger partial charge on any atom is 0.272 e. The molecule has 3 N–H and O–H groups in total. The molecule has 0 fully saturated rings. The smallest absolute Gasteiger partial charge is 0.272 e. The van der Waals surface area contributed by atoms with Crippen LogP contribution in [0.5, 0.6) is 0 Å². The van der Waals surface area contributed by atoms with Gasteiger partial charge in [-0.05, 0) is 12.5 Å². The van der Waals surface area contributed by atoms with E-state index in [1.807, 2.05) is 30.8 Å². The number of carbonyl (C=O) groups is 1. The number of aryl methyl sites for hydroxylation is 1. The lowest BCUT2D eigenvalue weighted by Crippen LogP contribution is -2.27. The Balaban J connectivity index is 1.89. The molecule has 21 heavy (non-hydrogen) atoms. The molecule has 2 aromatic rings. The van der Waals surface area contributed by atoms with Gasteiger partial charge in [0.1, 0.15) is 5.82 Å². The van der Waals surface area contributed by atoms with Crippen molar-refractivity contribution in [3.63, 3.8) is 0 Å². The van der Waals surface area contributed by atoms with E-state index in [-0.39, 0.29) is 17.5 Å². The van der Waals surface area contributed by atoms with Crippen LogP contribution in [0.25, 0.3) is 0 Å². The average Bonchev–Trinajstić information content (AvgIpc) is 2.96. The van der Waals surface area contributed by atoms with Crippen molar-refractivity contribution < 1.29 is 4.79 Å². The van der Waals surface area contributed by atoms with Crippen molar-refractivity contribution >= 4 is 11.6 Å². The van der Waals surface area contributed by atoms with Gasteiger partial charge in [-0.1, -0.05) is 13.8 Å². The van der Waals surface area contributed by atoms with Gasteiger partial charge < -0.3 is 11.1 Å². The molecule has 0 unspecified atom stereocenters. The lowest BCUT2D eigenvalue weighted by molar-refractivity contribution is 0.0948. The molecule has 0 saturated heterocycles. The first-order valence-electron chi connectivity index (χ1n) is 6.96. The largest absolute Gasteiger partial charge is 0.396 e. The van der Waals surface area contributed by atoms with Crippen LogP contribution in [0.4, 0.5) is 5.69 Å². The number of nitrogen functional groups attached to an aromatic ring is 1. The van der Waals surface area contributed by atoms with Crippen LogP contribution in [0.15, 0.2) is 24.7 Å². The minimum Gasteiger partial charge on any atom is -0.396 e. The molecule has 2 heterocycles. The normalized spacial score (nSPS) is 10.8. The van der Waals surface area contributed by atoms with E-state index >= 15 is 0 Å². The number of rotatable bonds is 6. The van der Waals surface area contributed by atoms with Gasteiger partial charge in [0.05, 0.1) is 11.9 Å². The first-order chi connectivity index (χ1) is 10.1. The Kier molecular flexibility index (Phi) is 4.86. The number of nitrogens with zero attached hydrogens (tertiary/aromatic N) is 4. The quantitative estimate of drug-likeness (QED) is 0.778. The van der Waals surface area contributed by atoms with E-state index in [0.29, 0.717) is 18.1 Å². The van der Waals surface area contributed by atoms with Gasteiger partial charge in [-0.15, -0.1) is 0 Å². The molecule has 2 rings (SSSR count). The van der Waals surface area contributed by atoms with E-state index in [2.05, 4.69) is 20.4 Å². The van der Waals surface area contributed by atoms with Gasteiger partial charge in [0, 0.05) is 31.4 Å². The van der Waals surface area contributed by atoms with Crippen LogP contribution in [0.3, 0.4) is 0 Å². The van der Waals surface area contributed by atoms with Crippen molar-refractivity contribution in [3.8, 4) is 0 Å². The summed E-state index contributed by atoms with van der Waals surface area (Å²) < 4.78 is 1.82. The summed E-state index contributed by atoms with van der Waals surface area (Å²) in [5.74, 6) is 0.500. The van der Waals surface area contributed by atoms with Crippen molar-refractivity contribution in [2.45, 2.75) is 32.7 Å². The lowest BCUT2D eigenvalue weighted by atomic mass is 10.2. The van der Waals surface area contributed by atoms with E-state index < -0.39 is 0 Å². The number of nitrogens with one attached hydrogen (secondary N) is 1. The number of anilines is 1. The zero-order valence-corrected chi connectivity index (χ0v) is 12.3. The predicted molar refractivity (Wildman–Crippen MR) is 79.7 cm³/mol. The summed E-state index contributed by atoms with van der Waals surface area (Å²) in [4.78, 5) is 20.5. The monoisotopic (exact) mass is 288 g/mol. The maximum absolute atomic E-state index is 12.1. The Morgan fingerprint density at radius 1 is 1.48 bits per heavy atom. The second-order valence-electron chi connectivity index (χ2n) is 5.07. The second kappa shape index (κ2) is 6.83. The summed E-state index contributed by atoms with van der Waals surface area (Å²) in [6, 6.07) is 1.87. The van der Waals surface area contributed by atoms with Crippen molar-refractivity contribution in [3.05, 3.63) is 36.2 Å². The zero-order valence-electron chi connectivity index (χ0n) is 12.3. The van der Waals surface area contributed by atoms with Crippen LogP contribution < -0.4 is 11.1 Å². The molecule has 0 aliphatic heterocycles. The van der Waals surface area contributed by atoms with E-state index in [1.54, 1.807) is 6.20 Å². The van der Waals surface area contributed by atoms with Crippen LogP contribution in [0.1, 0.15) is 42.5 Å². The fourth-order valence-electron chi connectivity index (χ4n) is 1.82. The summed E-state index contributed by atoms with van der Waals surface area (Å²) in [5.41, 5.74) is 6.31. The molecule has 1 amide bonds. The highest BCUT2D eigenvalue weighted by Crippen LogP contribution is 2.13. The highest BCUT2D eigenvalue weighted by molar-refractivity contribution is 5.96. The van der Waals surface area contributed by atoms with Gasteiger partial charge >= 0.3 is 0 Å². The Morgan fingerprint density at radius 2 is 2.29 bits per heavy atom. The van der Waals surface area contributed by atoms with Crippen LogP contribution in [0.2, 0.25) is 0 Å². The van der Waals surface area contributed by atoms with Gasteiger partial charge in [0.25, 0.3) is 5.91 Å². The molecule has 0 aliphatic rings. The third-order valence-corrected chi connectivity index (χ3v) is 2.98. The first-order valence-corrected chi connectivity index (χ1v) is 6.96. The molecular weight excluding hydrogens is 268 g/mol. The lowest BCUT2D eigenvalue weighted by Gasteiger charge is -2.09. The Hall–Kier alpha value is -2.44. The molecule has 0 aromatic carbocycles. The Morgan fingerprint density at radius 3 is 2.95 bits per heavy atom. The zero-order chi connectivity index (χ0) is 15.2. The Bertz CT molecular complexity index is 594. The molecule has 0 radical (unpaired) electrons. The molecule has 0 aliphatic carbocycles. The molecule has 7 heteroatoms. The van der Waals surface area contributed by atoms with Crippen molar-refractivity contribution in [1.82, 2.24) is 25.1 Å². The number of hydrogen-bond donors (Lipinski definition) is 2. The first kappa shape index (κ1) is 15.0. The third-order valence-electron chi connectivity index (χ3n) is 2.98. The third kappa shape index (κ3) is 4.01. The Labute approximate surface area is 123 Å². The van der Waals surface area contributed by atoms with Gasteiger partial charge in [-0.25, -0.2) is 9.97 Å². The van der Waals surface area contributed by atoms with Crippen LogP contribution in [-0.4, -0.2) is 32.2 Å².